The Kier molecular flexibility index (Phi) is 4.74. The van der Waals surface area contributed by atoms with Crippen LogP contribution < -0.4 is 0 Å². The SMILES string of the molecule is Cc1c(C(=O)CN2CCCCC2)c2cnccc2n1-c1ccc(C#N)cc1. The maximum absolute atomic E-state index is 13.2. The zero-order valence-corrected chi connectivity index (χ0v) is 15.5. The van der Waals surface area contributed by atoms with Gasteiger partial charge < -0.3 is 4.57 Å². The molecular weight excluding hydrogens is 336 g/mol. The third-order valence-corrected chi connectivity index (χ3v) is 5.35. The lowest BCUT2D eigenvalue weighted by Crippen LogP contribution is -2.34. The molecule has 1 fully saturated rings. The van der Waals surface area contributed by atoms with Gasteiger partial charge in [-0.2, -0.15) is 5.26 Å². The molecule has 0 spiro atoms. The predicted octanol–water partition coefficient (Wildman–Crippen LogP) is 3.87. The molecule has 27 heavy (non-hydrogen) atoms. The highest BCUT2D eigenvalue weighted by Gasteiger charge is 2.23. The Bertz CT molecular complexity index is 1020. The van der Waals surface area contributed by atoms with Crippen molar-refractivity contribution in [2.24, 2.45) is 0 Å². The van der Waals surface area contributed by atoms with Crippen molar-refractivity contribution in [3.63, 3.8) is 0 Å². The largest absolute Gasteiger partial charge is 0.313 e. The zero-order valence-electron chi connectivity index (χ0n) is 15.5. The number of pyridine rings is 1. The zero-order chi connectivity index (χ0) is 18.8. The monoisotopic (exact) mass is 358 g/mol. The summed E-state index contributed by atoms with van der Waals surface area (Å²) < 4.78 is 2.08. The summed E-state index contributed by atoms with van der Waals surface area (Å²) in [5, 5.41) is 9.93. The molecule has 5 nitrogen and oxygen atoms in total. The number of ketones is 1. The van der Waals surface area contributed by atoms with Crippen molar-refractivity contribution < 1.29 is 4.79 Å². The molecule has 3 heterocycles. The van der Waals surface area contributed by atoms with Gasteiger partial charge in [-0.05, 0) is 63.2 Å². The van der Waals surface area contributed by atoms with Crippen LogP contribution >= 0.6 is 0 Å². The number of hydrogen-bond donors (Lipinski definition) is 0. The van der Waals surface area contributed by atoms with Gasteiger partial charge in [0, 0.05) is 34.7 Å². The molecular formula is C22H22N4O. The first-order valence-electron chi connectivity index (χ1n) is 9.40. The van der Waals surface area contributed by atoms with Crippen LogP contribution in [-0.2, 0) is 0 Å². The molecule has 2 aromatic heterocycles. The molecule has 0 unspecified atom stereocenters. The van der Waals surface area contributed by atoms with Gasteiger partial charge in [-0.3, -0.25) is 14.7 Å². The van der Waals surface area contributed by atoms with Crippen molar-refractivity contribution in [2.75, 3.05) is 19.6 Å². The van der Waals surface area contributed by atoms with Gasteiger partial charge in [0.25, 0.3) is 0 Å². The van der Waals surface area contributed by atoms with Crippen molar-refractivity contribution in [2.45, 2.75) is 26.2 Å². The Balaban J connectivity index is 1.78. The molecule has 1 aromatic carbocycles. The van der Waals surface area contributed by atoms with Crippen LogP contribution in [0.5, 0.6) is 0 Å². The standard InChI is InChI=1S/C22H22N4O/c1-16-22(21(27)15-25-11-3-2-4-12-25)19-14-24-10-9-20(19)26(16)18-7-5-17(13-23)6-8-18/h5-10,14H,2-4,11-12,15H2,1H3. The molecule has 0 aliphatic carbocycles. The van der Waals surface area contributed by atoms with Crippen LogP contribution in [0.1, 0.15) is 40.9 Å². The second-order valence-corrected chi connectivity index (χ2v) is 7.11. The number of rotatable bonds is 4. The van der Waals surface area contributed by atoms with Gasteiger partial charge in [-0.15, -0.1) is 0 Å². The topological polar surface area (TPSA) is 61.9 Å². The van der Waals surface area contributed by atoms with Gasteiger partial charge in [0.05, 0.1) is 23.7 Å². The Hall–Kier alpha value is -2.97. The van der Waals surface area contributed by atoms with Gasteiger partial charge in [0.15, 0.2) is 5.78 Å². The fourth-order valence-electron chi connectivity index (χ4n) is 4.03. The average Bonchev–Trinajstić information content (AvgIpc) is 3.00. The third-order valence-electron chi connectivity index (χ3n) is 5.35. The number of nitriles is 1. The first-order valence-corrected chi connectivity index (χ1v) is 9.40. The van der Waals surface area contributed by atoms with E-state index in [1.54, 1.807) is 24.5 Å². The minimum Gasteiger partial charge on any atom is -0.313 e. The highest BCUT2D eigenvalue weighted by atomic mass is 16.1. The highest BCUT2D eigenvalue weighted by molar-refractivity contribution is 6.10. The molecule has 1 aliphatic heterocycles. The lowest BCUT2D eigenvalue weighted by molar-refractivity contribution is 0.0916. The Morgan fingerprint density at radius 3 is 2.59 bits per heavy atom. The lowest BCUT2D eigenvalue weighted by Gasteiger charge is -2.25. The van der Waals surface area contributed by atoms with Crippen LogP contribution in [0, 0.1) is 18.3 Å². The summed E-state index contributed by atoms with van der Waals surface area (Å²) in [6.07, 6.45) is 7.13. The van der Waals surface area contributed by atoms with E-state index in [0.717, 1.165) is 40.9 Å². The number of nitrogens with zero attached hydrogens (tertiary/aromatic N) is 4. The van der Waals surface area contributed by atoms with E-state index in [9.17, 15) is 4.79 Å². The summed E-state index contributed by atoms with van der Waals surface area (Å²) in [4.78, 5) is 19.7. The average molecular weight is 358 g/mol. The molecule has 1 aliphatic rings. The second-order valence-electron chi connectivity index (χ2n) is 7.11. The summed E-state index contributed by atoms with van der Waals surface area (Å²) >= 11 is 0. The quantitative estimate of drug-likeness (QED) is 0.664. The van der Waals surface area contributed by atoms with Crippen molar-refractivity contribution in [1.82, 2.24) is 14.5 Å². The Morgan fingerprint density at radius 1 is 1.15 bits per heavy atom. The van der Waals surface area contributed by atoms with Crippen molar-refractivity contribution in [3.8, 4) is 11.8 Å². The summed E-state index contributed by atoms with van der Waals surface area (Å²) in [6, 6.07) is 11.5. The maximum Gasteiger partial charge on any atom is 0.179 e. The van der Waals surface area contributed by atoms with Crippen LogP contribution in [0.4, 0.5) is 0 Å². The molecule has 0 amide bonds. The second kappa shape index (κ2) is 7.34. The fourth-order valence-corrected chi connectivity index (χ4v) is 4.03. The van der Waals surface area contributed by atoms with E-state index in [2.05, 4.69) is 20.5 Å². The first kappa shape index (κ1) is 17.4. The van der Waals surface area contributed by atoms with E-state index in [0.29, 0.717) is 12.1 Å². The van der Waals surface area contributed by atoms with Crippen LogP contribution in [0.15, 0.2) is 42.7 Å². The summed E-state index contributed by atoms with van der Waals surface area (Å²) in [7, 11) is 0. The first-order chi connectivity index (χ1) is 13.2. The van der Waals surface area contributed by atoms with Crippen LogP contribution in [0.2, 0.25) is 0 Å². The van der Waals surface area contributed by atoms with E-state index in [-0.39, 0.29) is 5.78 Å². The predicted molar refractivity (Wildman–Crippen MR) is 105 cm³/mol. The lowest BCUT2D eigenvalue weighted by atomic mass is 10.1. The number of Topliss-reactive ketones (excluding diaryl/α,β-unsaturated/α-hetero) is 1. The normalized spacial score (nSPS) is 15.0. The number of likely N-dealkylation sites (tertiary alicyclic amines) is 1. The third kappa shape index (κ3) is 3.24. The minimum atomic E-state index is 0.153. The summed E-state index contributed by atoms with van der Waals surface area (Å²) in [5.41, 5.74) is 4.21. The maximum atomic E-state index is 13.2. The number of fused-ring (bicyclic) bond motifs is 1. The van der Waals surface area contributed by atoms with Gasteiger partial charge in [0.2, 0.25) is 0 Å². The van der Waals surface area contributed by atoms with E-state index < -0.39 is 0 Å². The van der Waals surface area contributed by atoms with Crippen LogP contribution in [0.25, 0.3) is 16.6 Å². The van der Waals surface area contributed by atoms with Gasteiger partial charge in [-0.1, -0.05) is 6.42 Å². The van der Waals surface area contributed by atoms with Crippen LogP contribution in [-0.4, -0.2) is 39.9 Å². The van der Waals surface area contributed by atoms with Crippen molar-refractivity contribution in [1.29, 1.82) is 5.26 Å². The van der Waals surface area contributed by atoms with Gasteiger partial charge in [0.1, 0.15) is 0 Å². The smallest absolute Gasteiger partial charge is 0.179 e. The number of carbonyl (C=O) groups excluding carboxylic acids is 1. The van der Waals surface area contributed by atoms with Crippen molar-refractivity contribution in [3.05, 3.63) is 59.5 Å². The minimum absolute atomic E-state index is 0.153. The van der Waals surface area contributed by atoms with Crippen LogP contribution in [0.3, 0.4) is 0 Å². The number of aromatic nitrogens is 2. The number of carbonyl (C=O) groups is 1. The van der Waals surface area contributed by atoms with E-state index in [1.165, 1.54) is 19.3 Å². The van der Waals surface area contributed by atoms with Gasteiger partial charge >= 0.3 is 0 Å². The molecule has 5 heteroatoms. The Morgan fingerprint density at radius 2 is 1.89 bits per heavy atom. The number of hydrogen-bond acceptors (Lipinski definition) is 4. The molecule has 4 rings (SSSR count). The summed E-state index contributed by atoms with van der Waals surface area (Å²) in [6.45, 7) is 4.44. The molecule has 0 atom stereocenters. The summed E-state index contributed by atoms with van der Waals surface area (Å²) in [5.74, 6) is 0.153. The molecule has 136 valence electrons. The molecule has 0 saturated carbocycles. The molecule has 3 aromatic rings. The number of piperidine rings is 1. The van der Waals surface area contributed by atoms with Crippen molar-refractivity contribution >= 4 is 16.7 Å². The molecule has 1 saturated heterocycles. The van der Waals surface area contributed by atoms with Gasteiger partial charge in [-0.25, -0.2) is 0 Å². The Labute approximate surface area is 158 Å². The highest BCUT2D eigenvalue weighted by Crippen LogP contribution is 2.29. The molecule has 0 bridgehead atoms. The molecule has 0 N–H and O–H groups in total. The molecule has 0 radical (unpaired) electrons. The fraction of sp³-hybridized carbons (Fsp3) is 0.318. The number of benzene rings is 1. The van der Waals surface area contributed by atoms with E-state index in [1.807, 2.05) is 25.1 Å². The van der Waals surface area contributed by atoms with E-state index >= 15 is 0 Å². The van der Waals surface area contributed by atoms with E-state index in [4.69, 9.17) is 5.26 Å².